The van der Waals surface area contributed by atoms with Gasteiger partial charge < -0.3 is 10.3 Å². The van der Waals surface area contributed by atoms with Crippen LogP contribution in [-0.4, -0.2) is 26.6 Å². The van der Waals surface area contributed by atoms with Gasteiger partial charge in [0.25, 0.3) is 11.2 Å². The normalized spacial score (nSPS) is 13.3. The molecular weight excluding hydrogens is 436 g/mol. The third kappa shape index (κ3) is 4.14. The minimum absolute atomic E-state index is 0.0562. The molecule has 8 nitrogen and oxygen atoms in total. The standard InChI is InChI=1S/C18H15ClN4O4S2/c19-9-5-6-11(12(7-9)23(26)27)20-14(24)8-28-18-21-16(25)15-10-3-1-2-4-13(10)29-17(15)22-18/h5-7H,1-4,8H2,(H,20,24)(H,21,22,25). The number of anilines is 1. The Hall–Kier alpha value is -2.43. The second-order valence-electron chi connectivity index (χ2n) is 6.52. The van der Waals surface area contributed by atoms with Gasteiger partial charge >= 0.3 is 0 Å². The summed E-state index contributed by atoms with van der Waals surface area (Å²) in [7, 11) is 0. The molecule has 0 fully saturated rings. The first-order valence-electron chi connectivity index (χ1n) is 8.83. The van der Waals surface area contributed by atoms with Crippen molar-refractivity contribution in [3.05, 3.63) is 54.1 Å². The highest BCUT2D eigenvalue weighted by atomic mass is 35.5. The van der Waals surface area contributed by atoms with Crippen molar-refractivity contribution in [2.24, 2.45) is 0 Å². The maximum atomic E-state index is 12.5. The molecule has 0 unspecified atom stereocenters. The predicted octanol–water partition coefficient (Wildman–Crippen LogP) is 4.16. The molecule has 0 radical (unpaired) electrons. The number of hydrogen-bond donors (Lipinski definition) is 2. The number of nitro groups is 1. The first-order chi connectivity index (χ1) is 13.9. The van der Waals surface area contributed by atoms with Gasteiger partial charge in [0.1, 0.15) is 10.5 Å². The second-order valence-corrected chi connectivity index (χ2v) is 9.00. The first-order valence-corrected chi connectivity index (χ1v) is 11.0. The minimum atomic E-state index is -0.611. The monoisotopic (exact) mass is 450 g/mol. The van der Waals surface area contributed by atoms with E-state index in [0.29, 0.717) is 15.4 Å². The molecule has 1 aliphatic rings. The van der Waals surface area contributed by atoms with Crippen LogP contribution in [0.3, 0.4) is 0 Å². The van der Waals surface area contributed by atoms with Crippen LogP contribution in [0.5, 0.6) is 0 Å². The molecule has 0 aliphatic heterocycles. The molecule has 0 saturated heterocycles. The van der Waals surface area contributed by atoms with Crippen molar-refractivity contribution in [2.75, 3.05) is 11.1 Å². The zero-order valence-electron chi connectivity index (χ0n) is 15.0. The third-order valence-electron chi connectivity index (χ3n) is 4.57. The topological polar surface area (TPSA) is 118 Å². The number of carbonyl (C=O) groups excluding carboxylic acids is 1. The smallest absolute Gasteiger partial charge is 0.294 e. The predicted molar refractivity (Wildman–Crippen MR) is 114 cm³/mol. The number of halogens is 1. The molecule has 0 bridgehead atoms. The summed E-state index contributed by atoms with van der Waals surface area (Å²) in [5, 5.41) is 14.8. The molecule has 1 aliphatic carbocycles. The van der Waals surface area contributed by atoms with Crippen LogP contribution in [0.25, 0.3) is 10.2 Å². The van der Waals surface area contributed by atoms with Gasteiger partial charge in [0.15, 0.2) is 5.16 Å². The van der Waals surface area contributed by atoms with Crippen LogP contribution < -0.4 is 10.9 Å². The summed E-state index contributed by atoms with van der Waals surface area (Å²) in [5.74, 6) is -0.507. The first kappa shape index (κ1) is 19.9. The Kier molecular flexibility index (Phi) is 5.57. The van der Waals surface area contributed by atoms with E-state index in [0.717, 1.165) is 43.0 Å². The van der Waals surface area contributed by atoms with E-state index < -0.39 is 10.8 Å². The van der Waals surface area contributed by atoms with Crippen LogP contribution >= 0.6 is 34.7 Å². The Morgan fingerprint density at radius 3 is 2.97 bits per heavy atom. The molecule has 2 N–H and O–H groups in total. The third-order valence-corrected chi connectivity index (χ3v) is 6.87. The highest BCUT2D eigenvalue weighted by Gasteiger charge is 2.20. The largest absolute Gasteiger partial charge is 0.320 e. The number of aromatic nitrogens is 2. The summed E-state index contributed by atoms with van der Waals surface area (Å²) in [4.78, 5) is 44.4. The number of nitrogens with one attached hydrogen (secondary N) is 2. The zero-order chi connectivity index (χ0) is 20.5. The molecule has 150 valence electrons. The Labute approximate surface area is 177 Å². The lowest BCUT2D eigenvalue weighted by atomic mass is 9.97. The molecule has 0 atom stereocenters. The van der Waals surface area contributed by atoms with E-state index in [9.17, 15) is 19.7 Å². The van der Waals surface area contributed by atoms with E-state index in [1.54, 1.807) is 0 Å². The molecule has 0 saturated carbocycles. The number of amides is 1. The van der Waals surface area contributed by atoms with Gasteiger partial charge in [-0.2, -0.15) is 0 Å². The van der Waals surface area contributed by atoms with Crippen LogP contribution in [-0.2, 0) is 17.6 Å². The number of thioether (sulfide) groups is 1. The number of H-pyrrole nitrogens is 1. The minimum Gasteiger partial charge on any atom is -0.320 e. The molecule has 11 heteroatoms. The van der Waals surface area contributed by atoms with Gasteiger partial charge in [0, 0.05) is 16.0 Å². The number of fused-ring (bicyclic) bond motifs is 3. The second kappa shape index (κ2) is 8.13. The van der Waals surface area contributed by atoms with Gasteiger partial charge in [0.2, 0.25) is 5.91 Å². The molecule has 2 heterocycles. The molecule has 3 aromatic rings. The van der Waals surface area contributed by atoms with Crippen molar-refractivity contribution >= 4 is 62.2 Å². The maximum Gasteiger partial charge on any atom is 0.294 e. The lowest BCUT2D eigenvalue weighted by Crippen LogP contribution is -2.16. The van der Waals surface area contributed by atoms with E-state index in [4.69, 9.17) is 11.6 Å². The van der Waals surface area contributed by atoms with E-state index in [2.05, 4.69) is 15.3 Å². The maximum absolute atomic E-state index is 12.5. The molecule has 2 aromatic heterocycles. The zero-order valence-corrected chi connectivity index (χ0v) is 17.4. The highest BCUT2D eigenvalue weighted by molar-refractivity contribution is 7.99. The van der Waals surface area contributed by atoms with Crippen molar-refractivity contribution in [3.63, 3.8) is 0 Å². The van der Waals surface area contributed by atoms with Crippen LogP contribution in [0, 0.1) is 10.1 Å². The van der Waals surface area contributed by atoms with Crippen molar-refractivity contribution in [1.82, 2.24) is 9.97 Å². The fraction of sp³-hybridized carbons (Fsp3) is 0.278. The number of hydrogen-bond acceptors (Lipinski definition) is 7. The Balaban J connectivity index is 1.49. The lowest BCUT2D eigenvalue weighted by molar-refractivity contribution is -0.383. The van der Waals surface area contributed by atoms with Crippen LogP contribution in [0.4, 0.5) is 11.4 Å². The summed E-state index contributed by atoms with van der Waals surface area (Å²) in [5.41, 5.74) is 0.695. The Morgan fingerprint density at radius 2 is 2.17 bits per heavy atom. The highest BCUT2D eigenvalue weighted by Crippen LogP contribution is 2.34. The summed E-state index contributed by atoms with van der Waals surface area (Å²) in [6.07, 6.45) is 4.07. The number of rotatable bonds is 5. The van der Waals surface area contributed by atoms with Gasteiger partial charge in [-0.3, -0.25) is 19.7 Å². The van der Waals surface area contributed by atoms with Gasteiger partial charge in [0.05, 0.1) is 16.1 Å². The number of nitrogens with zero attached hydrogens (tertiary/aromatic N) is 2. The SMILES string of the molecule is O=C(CSc1nc2sc3c(c2c(=O)[nH]1)CCCC3)Nc1ccc(Cl)cc1[N+](=O)[O-]. The lowest BCUT2D eigenvalue weighted by Gasteiger charge is -2.09. The van der Waals surface area contributed by atoms with Gasteiger partial charge in [-0.05, 0) is 43.4 Å². The van der Waals surface area contributed by atoms with Crippen LogP contribution in [0.15, 0.2) is 28.2 Å². The Morgan fingerprint density at radius 1 is 1.38 bits per heavy atom. The summed E-state index contributed by atoms with van der Waals surface area (Å²) in [6.45, 7) is 0. The number of nitro benzene ring substituents is 1. The number of aryl methyl sites for hydroxylation is 2. The van der Waals surface area contributed by atoms with E-state index in [1.807, 2.05) is 0 Å². The Bertz CT molecular complexity index is 1190. The van der Waals surface area contributed by atoms with Gasteiger partial charge in [-0.25, -0.2) is 4.98 Å². The van der Waals surface area contributed by atoms with E-state index in [1.165, 1.54) is 34.4 Å². The van der Waals surface area contributed by atoms with Gasteiger partial charge in [-0.15, -0.1) is 11.3 Å². The number of thiophene rings is 1. The van der Waals surface area contributed by atoms with Crippen LogP contribution in [0.2, 0.25) is 5.02 Å². The fourth-order valence-electron chi connectivity index (χ4n) is 3.29. The summed E-state index contributed by atoms with van der Waals surface area (Å²) >= 11 is 8.39. The van der Waals surface area contributed by atoms with E-state index >= 15 is 0 Å². The molecule has 0 spiro atoms. The number of aromatic amines is 1. The average Bonchev–Trinajstić information content (AvgIpc) is 3.06. The number of carbonyl (C=O) groups is 1. The fourth-order valence-corrected chi connectivity index (χ4v) is 5.44. The van der Waals surface area contributed by atoms with Crippen molar-refractivity contribution in [2.45, 2.75) is 30.8 Å². The quantitative estimate of drug-likeness (QED) is 0.261. The summed E-state index contributed by atoms with van der Waals surface area (Å²) in [6, 6.07) is 4.02. The van der Waals surface area contributed by atoms with Crippen molar-refractivity contribution < 1.29 is 9.72 Å². The molecule has 1 amide bonds. The van der Waals surface area contributed by atoms with Crippen molar-refractivity contribution in [1.29, 1.82) is 0 Å². The molecule has 29 heavy (non-hydrogen) atoms. The molecular formula is C18H15ClN4O4S2. The molecule has 4 rings (SSSR count). The summed E-state index contributed by atoms with van der Waals surface area (Å²) < 4.78 is 0. The van der Waals surface area contributed by atoms with Crippen LogP contribution in [0.1, 0.15) is 23.3 Å². The van der Waals surface area contributed by atoms with E-state index in [-0.39, 0.29) is 27.7 Å². The van der Waals surface area contributed by atoms with Crippen molar-refractivity contribution in [3.8, 4) is 0 Å². The molecule has 1 aromatic carbocycles. The number of benzene rings is 1. The average molecular weight is 451 g/mol. The van der Waals surface area contributed by atoms with Gasteiger partial charge in [-0.1, -0.05) is 23.4 Å².